The quantitative estimate of drug-likeness (QED) is 0.461. The lowest BCUT2D eigenvalue weighted by molar-refractivity contribution is -0.0779. The third-order valence-corrected chi connectivity index (χ3v) is 10.2. The first-order valence-electron chi connectivity index (χ1n) is 10.7. The molecule has 0 unspecified atom stereocenters. The molecular formula is C21H42OSi. The number of hydrogen-bond acceptors (Lipinski definition) is 1. The van der Waals surface area contributed by atoms with Crippen LogP contribution in [-0.2, 0) is 4.43 Å². The molecule has 2 saturated carbocycles. The second kappa shape index (κ2) is 9.04. The topological polar surface area (TPSA) is 9.23 Å². The van der Waals surface area contributed by atoms with Crippen molar-refractivity contribution < 1.29 is 4.43 Å². The van der Waals surface area contributed by atoms with Gasteiger partial charge in [-0.3, -0.25) is 0 Å². The van der Waals surface area contributed by atoms with Crippen LogP contribution in [0.25, 0.3) is 0 Å². The average molecular weight is 339 g/mol. The van der Waals surface area contributed by atoms with Crippen LogP contribution in [0.15, 0.2) is 0 Å². The first kappa shape index (κ1) is 19.5. The van der Waals surface area contributed by atoms with E-state index in [1.54, 1.807) is 0 Å². The Morgan fingerprint density at radius 2 is 1.17 bits per heavy atom. The van der Waals surface area contributed by atoms with E-state index >= 15 is 0 Å². The first-order valence-corrected chi connectivity index (χ1v) is 12.5. The summed E-state index contributed by atoms with van der Waals surface area (Å²) in [6, 6.07) is 0. The summed E-state index contributed by atoms with van der Waals surface area (Å²) in [5.41, 5.74) is 1.74. The molecule has 0 aromatic rings. The molecule has 1 nitrogen and oxygen atoms in total. The fraction of sp³-hybridized carbons (Fsp3) is 1.00. The fourth-order valence-corrected chi connectivity index (χ4v) is 8.81. The molecule has 2 fully saturated rings. The molecule has 23 heavy (non-hydrogen) atoms. The maximum absolute atomic E-state index is 7.33. The molecule has 0 atom stereocenters. The van der Waals surface area contributed by atoms with E-state index in [2.05, 4.69) is 34.6 Å². The van der Waals surface area contributed by atoms with Gasteiger partial charge in [-0.2, -0.15) is 0 Å². The van der Waals surface area contributed by atoms with E-state index in [0.29, 0.717) is 0 Å². The Morgan fingerprint density at radius 3 is 1.48 bits per heavy atom. The minimum absolute atomic E-state index is 0.228. The van der Waals surface area contributed by atoms with Gasteiger partial charge in [-0.05, 0) is 55.0 Å². The van der Waals surface area contributed by atoms with Crippen molar-refractivity contribution in [2.24, 2.45) is 11.8 Å². The molecule has 0 radical (unpaired) electrons. The van der Waals surface area contributed by atoms with E-state index in [0.717, 1.165) is 22.9 Å². The molecule has 2 aliphatic rings. The zero-order chi connectivity index (χ0) is 16.9. The maximum Gasteiger partial charge on any atom is 0.182 e. The second-order valence-corrected chi connectivity index (χ2v) is 12.9. The van der Waals surface area contributed by atoms with Crippen molar-refractivity contribution in [2.45, 2.75) is 122 Å². The van der Waals surface area contributed by atoms with E-state index in [-0.39, 0.29) is 5.60 Å². The van der Waals surface area contributed by atoms with Crippen LogP contribution in [0, 0.1) is 11.8 Å². The van der Waals surface area contributed by atoms with Crippen LogP contribution in [0.4, 0.5) is 0 Å². The van der Waals surface area contributed by atoms with Crippen LogP contribution in [0.2, 0.25) is 11.1 Å². The van der Waals surface area contributed by atoms with Crippen LogP contribution in [0.1, 0.15) is 105 Å². The van der Waals surface area contributed by atoms with Crippen LogP contribution < -0.4 is 0 Å². The third-order valence-electron chi connectivity index (χ3n) is 6.81. The maximum atomic E-state index is 7.33. The molecule has 2 aliphatic carbocycles. The van der Waals surface area contributed by atoms with E-state index in [1.807, 2.05) is 0 Å². The molecular weight excluding hydrogens is 296 g/mol. The minimum Gasteiger partial charge on any atom is -0.413 e. The van der Waals surface area contributed by atoms with Gasteiger partial charge in [-0.15, -0.1) is 0 Å². The zero-order valence-corrected chi connectivity index (χ0v) is 17.7. The summed E-state index contributed by atoms with van der Waals surface area (Å²) in [5.74, 6) is 1.69. The molecule has 2 rings (SSSR count). The fourth-order valence-electron chi connectivity index (χ4n) is 5.66. The Hall–Kier alpha value is 0.177. The summed E-state index contributed by atoms with van der Waals surface area (Å²) in [7, 11) is -1.16. The highest BCUT2D eigenvalue weighted by Gasteiger charge is 2.47. The van der Waals surface area contributed by atoms with Gasteiger partial charge in [-0.1, -0.05) is 73.1 Å². The lowest BCUT2D eigenvalue weighted by Crippen LogP contribution is -2.52. The van der Waals surface area contributed by atoms with Gasteiger partial charge in [-0.25, -0.2) is 0 Å². The molecule has 2 heteroatoms. The van der Waals surface area contributed by atoms with E-state index in [1.165, 1.54) is 70.6 Å². The van der Waals surface area contributed by atoms with Gasteiger partial charge < -0.3 is 4.43 Å². The molecule has 0 aliphatic heterocycles. The normalized spacial score (nSPS) is 22.4. The average Bonchev–Trinajstić information content (AvgIpc) is 2.57. The van der Waals surface area contributed by atoms with Crippen LogP contribution in [0.3, 0.4) is 0 Å². The Labute approximate surface area is 147 Å². The lowest BCUT2D eigenvalue weighted by atomic mass is 9.65. The largest absolute Gasteiger partial charge is 0.413 e. The predicted octanol–water partition coefficient (Wildman–Crippen LogP) is 6.86. The van der Waals surface area contributed by atoms with Gasteiger partial charge in [0, 0.05) is 0 Å². The van der Waals surface area contributed by atoms with Crippen LogP contribution in [0.5, 0.6) is 0 Å². The Morgan fingerprint density at radius 1 is 0.783 bits per heavy atom. The minimum atomic E-state index is -1.16. The van der Waals surface area contributed by atoms with Crippen molar-refractivity contribution in [3.63, 3.8) is 0 Å². The van der Waals surface area contributed by atoms with Crippen molar-refractivity contribution in [1.29, 1.82) is 0 Å². The number of hydrogen-bond donors (Lipinski definition) is 0. The van der Waals surface area contributed by atoms with Crippen molar-refractivity contribution in [3.8, 4) is 0 Å². The van der Waals surface area contributed by atoms with Crippen LogP contribution >= 0.6 is 0 Å². The summed E-state index contributed by atoms with van der Waals surface area (Å²) in [5, 5.41) is 0. The molecule has 0 spiro atoms. The molecule has 136 valence electrons. The second-order valence-electron chi connectivity index (χ2n) is 9.05. The lowest BCUT2D eigenvalue weighted by Gasteiger charge is -2.51. The van der Waals surface area contributed by atoms with Gasteiger partial charge in [0.05, 0.1) is 5.60 Å². The van der Waals surface area contributed by atoms with Gasteiger partial charge in [0.15, 0.2) is 9.04 Å². The van der Waals surface area contributed by atoms with Crippen LogP contribution in [-0.4, -0.2) is 14.6 Å². The van der Waals surface area contributed by atoms with Gasteiger partial charge in [0.25, 0.3) is 0 Å². The summed E-state index contributed by atoms with van der Waals surface area (Å²) in [6.07, 6.45) is 15.7. The molecule has 0 aromatic carbocycles. The monoisotopic (exact) mass is 338 g/mol. The summed E-state index contributed by atoms with van der Waals surface area (Å²) < 4.78 is 7.33. The molecule has 0 N–H and O–H groups in total. The van der Waals surface area contributed by atoms with E-state index in [4.69, 9.17) is 4.43 Å². The standard InChI is InChI=1S/C21H42OSi/c1-6-21(19-13-9-7-10-14-19,20-15-11-8-12-16-20)22-23(17(2)3)18(4)5/h17-20,23H,6-16H2,1-5H3. The first-order chi connectivity index (χ1) is 11.0. The van der Waals surface area contributed by atoms with E-state index < -0.39 is 9.04 Å². The highest BCUT2D eigenvalue weighted by molar-refractivity contribution is 6.55. The van der Waals surface area contributed by atoms with E-state index in [9.17, 15) is 0 Å². The molecule has 0 bridgehead atoms. The van der Waals surface area contributed by atoms with Crippen molar-refractivity contribution in [2.75, 3.05) is 0 Å². The molecule has 0 amide bonds. The summed E-state index contributed by atoms with van der Waals surface area (Å²) in [4.78, 5) is 0. The third kappa shape index (κ3) is 4.63. The Balaban J connectivity index is 2.27. The summed E-state index contributed by atoms with van der Waals surface area (Å²) >= 11 is 0. The van der Waals surface area contributed by atoms with Gasteiger partial charge in [0.1, 0.15) is 0 Å². The molecule has 0 heterocycles. The summed E-state index contributed by atoms with van der Waals surface area (Å²) in [6.45, 7) is 12.1. The van der Waals surface area contributed by atoms with Crippen molar-refractivity contribution in [1.82, 2.24) is 0 Å². The Kier molecular flexibility index (Phi) is 7.66. The predicted molar refractivity (Wildman–Crippen MR) is 105 cm³/mol. The van der Waals surface area contributed by atoms with Gasteiger partial charge in [0.2, 0.25) is 0 Å². The van der Waals surface area contributed by atoms with Crippen molar-refractivity contribution >= 4 is 9.04 Å². The smallest absolute Gasteiger partial charge is 0.182 e. The molecule has 0 saturated heterocycles. The highest BCUT2D eigenvalue weighted by Crippen LogP contribution is 2.48. The highest BCUT2D eigenvalue weighted by atomic mass is 28.3. The SMILES string of the molecule is CCC(O[SiH](C(C)C)C(C)C)(C1CCCCC1)C1CCCCC1. The zero-order valence-electron chi connectivity index (χ0n) is 16.6. The number of rotatable bonds is 7. The van der Waals surface area contributed by atoms with Crippen molar-refractivity contribution in [3.05, 3.63) is 0 Å². The molecule has 0 aromatic heterocycles. The van der Waals surface area contributed by atoms with Gasteiger partial charge >= 0.3 is 0 Å². The Bertz CT molecular complexity index is 301.